The van der Waals surface area contributed by atoms with Crippen molar-refractivity contribution in [1.82, 2.24) is 0 Å². The number of ether oxygens (including phenoxy) is 1. The molecule has 0 aromatic heterocycles. The van der Waals surface area contributed by atoms with Gasteiger partial charge in [0, 0.05) is 6.42 Å². The third-order valence-electron chi connectivity index (χ3n) is 1.72. The highest BCUT2D eigenvalue weighted by Crippen LogP contribution is 2.22. The van der Waals surface area contributed by atoms with Crippen molar-refractivity contribution < 1.29 is 9.53 Å². The summed E-state index contributed by atoms with van der Waals surface area (Å²) in [7, 11) is 0. The second-order valence-corrected chi connectivity index (χ2v) is 2.86. The van der Waals surface area contributed by atoms with E-state index in [1.807, 2.05) is 0 Å². The van der Waals surface area contributed by atoms with E-state index in [1.54, 1.807) is 6.26 Å². The van der Waals surface area contributed by atoms with E-state index in [0.29, 0.717) is 5.92 Å². The van der Waals surface area contributed by atoms with Gasteiger partial charge in [-0.2, -0.15) is 0 Å². The van der Waals surface area contributed by atoms with E-state index in [9.17, 15) is 4.79 Å². The third-order valence-corrected chi connectivity index (χ3v) is 1.72. The first-order chi connectivity index (χ1) is 4.74. The molecule has 1 unspecified atom stereocenters. The lowest BCUT2D eigenvalue weighted by Gasteiger charge is -2.02. The molecule has 2 heteroatoms. The van der Waals surface area contributed by atoms with Gasteiger partial charge in [0.1, 0.15) is 0 Å². The second kappa shape index (κ2) is 2.86. The van der Waals surface area contributed by atoms with Crippen LogP contribution in [0.5, 0.6) is 0 Å². The fourth-order valence-electron chi connectivity index (χ4n) is 0.955. The van der Waals surface area contributed by atoms with Crippen molar-refractivity contribution in [3.05, 3.63) is 11.8 Å². The SMILES string of the molecule is CC(C)C1=COC(C=O)C1. The van der Waals surface area contributed by atoms with Crippen molar-refractivity contribution >= 4 is 6.29 Å². The molecular weight excluding hydrogens is 128 g/mol. The van der Waals surface area contributed by atoms with E-state index in [4.69, 9.17) is 4.74 Å². The number of carbonyl (C=O) groups excluding carboxylic acids is 1. The summed E-state index contributed by atoms with van der Waals surface area (Å²) in [5.74, 6) is 0.505. The van der Waals surface area contributed by atoms with Gasteiger partial charge in [-0.3, -0.25) is 4.79 Å². The predicted octanol–water partition coefficient (Wildman–Crippen LogP) is 1.51. The maximum atomic E-state index is 10.2. The number of carbonyl (C=O) groups is 1. The number of hydrogen-bond acceptors (Lipinski definition) is 2. The van der Waals surface area contributed by atoms with Gasteiger partial charge in [-0.1, -0.05) is 13.8 Å². The molecule has 1 rings (SSSR count). The molecule has 0 aliphatic carbocycles. The molecule has 0 saturated heterocycles. The zero-order valence-electron chi connectivity index (χ0n) is 6.33. The maximum Gasteiger partial charge on any atom is 0.160 e. The summed E-state index contributed by atoms with van der Waals surface area (Å²) in [6.07, 6.45) is 3.13. The minimum atomic E-state index is -0.211. The molecule has 1 heterocycles. The Morgan fingerprint density at radius 2 is 2.50 bits per heavy atom. The Balaban J connectivity index is 2.46. The average Bonchev–Trinajstić information content (AvgIpc) is 2.34. The Morgan fingerprint density at radius 1 is 1.80 bits per heavy atom. The van der Waals surface area contributed by atoms with E-state index < -0.39 is 0 Å². The Hall–Kier alpha value is -0.790. The lowest BCUT2D eigenvalue weighted by molar-refractivity contribution is -0.114. The van der Waals surface area contributed by atoms with Crippen LogP contribution in [-0.4, -0.2) is 12.4 Å². The van der Waals surface area contributed by atoms with Gasteiger partial charge in [-0.15, -0.1) is 0 Å². The molecule has 56 valence electrons. The molecule has 0 bridgehead atoms. The van der Waals surface area contributed by atoms with Gasteiger partial charge < -0.3 is 4.74 Å². The van der Waals surface area contributed by atoms with Crippen LogP contribution in [0.2, 0.25) is 0 Å². The molecule has 0 aromatic carbocycles. The summed E-state index contributed by atoms with van der Waals surface area (Å²) >= 11 is 0. The van der Waals surface area contributed by atoms with Gasteiger partial charge in [-0.25, -0.2) is 0 Å². The van der Waals surface area contributed by atoms with E-state index in [0.717, 1.165) is 12.7 Å². The first kappa shape index (κ1) is 7.32. The highest BCUT2D eigenvalue weighted by molar-refractivity contribution is 5.57. The van der Waals surface area contributed by atoms with E-state index in [2.05, 4.69) is 13.8 Å². The zero-order valence-corrected chi connectivity index (χ0v) is 6.33. The fraction of sp³-hybridized carbons (Fsp3) is 0.625. The van der Waals surface area contributed by atoms with Gasteiger partial charge in [0.15, 0.2) is 12.4 Å². The summed E-state index contributed by atoms with van der Waals surface area (Å²) < 4.78 is 5.05. The fourth-order valence-corrected chi connectivity index (χ4v) is 0.955. The molecule has 1 aliphatic heterocycles. The molecule has 0 fully saturated rings. The molecule has 1 aliphatic rings. The molecule has 0 saturated carbocycles. The quantitative estimate of drug-likeness (QED) is 0.543. The molecular formula is C8H12O2. The van der Waals surface area contributed by atoms with E-state index in [-0.39, 0.29) is 6.10 Å². The van der Waals surface area contributed by atoms with Crippen LogP contribution >= 0.6 is 0 Å². The van der Waals surface area contributed by atoms with Crippen LogP contribution in [0.3, 0.4) is 0 Å². The van der Waals surface area contributed by atoms with Crippen LogP contribution in [0.1, 0.15) is 20.3 Å². The molecule has 0 spiro atoms. The van der Waals surface area contributed by atoms with Crippen molar-refractivity contribution in [2.45, 2.75) is 26.4 Å². The molecule has 2 nitrogen and oxygen atoms in total. The highest BCUT2D eigenvalue weighted by Gasteiger charge is 2.18. The summed E-state index contributed by atoms with van der Waals surface area (Å²) in [5.41, 5.74) is 1.23. The average molecular weight is 140 g/mol. The summed E-state index contributed by atoms with van der Waals surface area (Å²) in [5, 5.41) is 0. The van der Waals surface area contributed by atoms with Gasteiger partial charge in [0.25, 0.3) is 0 Å². The van der Waals surface area contributed by atoms with Crippen molar-refractivity contribution in [2.75, 3.05) is 0 Å². The Morgan fingerprint density at radius 3 is 2.80 bits per heavy atom. The number of rotatable bonds is 2. The first-order valence-electron chi connectivity index (χ1n) is 3.53. The molecule has 0 amide bonds. The number of aldehydes is 1. The summed E-state index contributed by atoms with van der Waals surface area (Å²) in [6.45, 7) is 4.20. The predicted molar refractivity (Wildman–Crippen MR) is 38.5 cm³/mol. The smallest absolute Gasteiger partial charge is 0.160 e. The highest BCUT2D eigenvalue weighted by atomic mass is 16.5. The van der Waals surface area contributed by atoms with Crippen LogP contribution in [0, 0.1) is 5.92 Å². The van der Waals surface area contributed by atoms with Crippen molar-refractivity contribution in [3.8, 4) is 0 Å². The second-order valence-electron chi connectivity index (χ2n) is 2.86. The van der Waals surface area contributed by atoms with Gasteiger partial charge in [0.05, 0.1) is 6.26 Å². The van der Waals surface area contributed by atoms with E-state index in [1.165, 1.54) is 5.57 Å². The van der Waals surface area contributed by atoms with Gasteiger partial charge in [0.2, 0.25) is 0 Å². The molecule has 1 atom stereocenters. The normalized spacial score (nSPS) is 24.3. The van der Waals surface area contributed by atoms with Crippen LogP contribution in [-0.2, 0) is 9.53 Å². The van der Waals surface area contributed by atoms with Crippen LogP contribution in [0.25, 0.3) is 0 Å². The maximum absolute atomic E-state index is 10.2. The van der Waals surface area contributed by atoms with Crippen LogP contribution in [0.4, 0.5) is 0 Å². The topological polar surface area (TPSA) is 26.3 Å². The number of hydrogen-bond donors (Lipinski definition) is 0. The van der Waals surface area contributed by atoms with Crippen LogP contribution < -0.4 is 0 Å². The van der Waals surface area contributed by atoms with Gasteiger partial charge in [-0.05, 0) is 11.5 Å². The Bertz CT molecular complexity index is 159. The van der Waals surface area contributed by atoms with E-state index >= 15 is 0 Å². The van der Waals surface area contributed by atoms with Crippen molar-refractivity contribution in [2.24, 2.45) is 5.92 Å². The standard InChI is InChI=1S/C8H12O2/c1-6(2)7-3-8(4-9)10-5-7/h4-6,8H,3H2,1-2H3. The molecule has 0 radical (unpaired) electrons. The lowest BCUT2D eigenvalue weighted by atomic mass is 10.0. The molecule has 0 aromatic rings. The Labute approximate surface area is 60.9 Å². The lowest BCUT2D eigenvalue weighted by Crippen LogP contribution is -2.06. The molecule has 0 N–H and O–H groups in total. The van der Waals surface area contributed by atoms with Gasteiger partial charge >= 0.3 is 0 Å². The summed E-state index contributed by atoms with van der Waals surface area (Å²) in [4.78, 5) is 10.2. The summed E-state index contributed by atoms with van der Waals surface area (Å²) in [6, 6.07) is 0. The first-order valence-corrected chi connectivity index (χ1v) is 3.53. The minimum Gasteiger partial charge on any atom is -0.490 e. The Kier molecular flexibility index (Phi) is 2.10. The third kappa shape index (κ3) is 1.38. The minimum absolute atomic E-state index is 0.211. The monoisotopic (exact) mass is 140 g/mol. The van der Waals surface area contributed by atoms with Crippen molar-refractivity contribution in [3.63, 3.8) is 0 Å². The van der Waals surface area contributed by atoms with Crippen LogP contribution in [0.15, 0.2) is 11.8 Å². The largest absolute Gasteiger partial charge is 0.490 e. The van der Waals surface area contributed by atoms with Crippen molar-refractivity contribution in [1.29, 1.82) is 0 Å². The molecule has 10 heavy (non-hydrogen) atoms. The zero-order chi connectivity index (χ0) is 7.56.